The summed E-state index contributed by atoms with van der Waals surface area (Å²) in [6, 6.07) is 5.93. The molecular weight excluding hydrogens is 232 g/mol. The van der Waals surface area contributed by atoms with Crippen molar-refractivity contribution >= 4 is 18.5 Å². The Bertz CT molecular complexity index is 425. The quantitative estimate of drug-likeness (QED) is 0.747. The third-order valence-electron chi connectivity index (χ3n) is 3.28. The van der Waals surface area contributed by atoms with Crippen molar-refractivity contribution in [1.82, 2.24) is 4.90 Å². The van der Waals surface area contributed by atoms with Crippen molar-refractivity contribution in [2.75, 3.05) is 13.1 Å². The Morgan fingerprint density at radius 1 is 1.41 bits per heavy atom. The van der Waals surface area contributed by atoms with Crippen LogP contribution in [-0.4, -0.2) is 29.9 Å². The molecule has 4 heteroatoms. The highest BCUT2D eigenvalue weighted by molar-refractivity contribution is 7.80. The Kier molecular flexibility index (Phi) is 3.74. The number of rotatable bonds is 1. The molecule has 0 atom stereocenters. The zero-order valence-electron chi connectivity index (χ0n) is 10.0. The maximum Gasteiger partial charge on any atom is 0.254 e. The van der Waals surface area contributed by atoms with Gasteiger partial charge in [0.15, 0.2) is 0 Å². The van der Waals surface area contributed by atoms with Gasteiger partial charge >= 0.3 is 0 Å². The number of likely N-dealkylation sites (tertiary alicyclic amines) is 1. The molecule has 2 rings (SSSR count). The van der Waals surface area contributed by atoms with Crippen LogP contribution in [-0.2, 0) is 0 Å². The van der Waals surface area contributed by atoms with E-state index in [-0.39, 0.29) is 11.9 Å². The van der Waals surface area contributed by atoms with Crippen molar-refractivity contribution in [3.8, 4) is 0 Å². The number of benzene rings is 1. The zero-order chi connectivity index (χ0) is 12.4. The number of piperidine rings is 1. The molecule has 1 aromatic carbocycles. The summed E-state index contributed by atoms with van der Waals surface area (Å²) in [7, 11) is 0. The van der Waals surface area contributed by atoms with Crippen LogP contribution in [0.2, 0.25) is 0 Å². The molecule has 0 radical (unpaired) electrons. The number of carbonyl (C=O) groups is 1. The lowest BCUT2D eigenvalue weighted by atomic mass is 10.0. The van der Waals surface area contributed by atoms with E-state index in [1.165, 1.54) is 0 Å². The van der Waals surface area contributed by atoms with Crippen molar-refractivity contribution in [1.29, 1.82) is 0 Å². The van der Waals surface area contributed by atoms with E-state index in [0.717, 1.165) is 42.0 Å². The van der Waals surface area contributed by atoms with Crippen LogP contribution in [0.5, 0.6) is 0 Å². The maximum atomic E-state index is 12.3. The molecule has 1 heterocycles. The number of hydrogen-bond donors (Lipinski definition) is 2. The summed E-state index contributed by atoms with van der Waals surface area (Å²) in [5, 5.41) is 0. The first-order chi connectivity index (χ1) is 8.08. The monoisotopic (exact) mass is 250 g/mol. The Balaban J connectivity index is 2.16. The van der Waals surface area contributed by atoms with E-state index >= 15 is 0 Å². The molecule has 17 heavy (non-hydrogen) atoms. The van der Waals surface area contributed by atoms with E-state index in [0.29, 0.717) is 0 Å². The number of nitrogens with zero attached hydrogens (tertiary/aromatic N) is 1. The average molecular weight is 250 g/mol. The molecule has 0 bridgehead atoms. The average Bonchev–Trinajstić information content (AvgIpc) is 2.32. The topological polar surface area (TPSA) is 46.3 Å². The number of thiol groups is 1. The van der Waals surface area contributed by atoms with Crippen LogP contribution in [0.25, 0.3) is 0 Å². The molecule has 2 N–H and O–H groups in total. The van der Waals surface area contributed by atoms with Crippen molar-refractivity contribution in [3.05, 3.63) is 29.3 Å². The van der Waals surface area contributed by atoms with Gasteiger partial charge in [-0.2, -0.15) is 0 Å². The first-order valence-corrected chi connectivity index (χ1v) is 6.37. The largest absolute Gasteiger partial charge is 0.339 e. The van der Waals surface area contributed by atoms with Gasteiger partial charge in [-0.05, 0) is 37.5 Å². The van der Waals surface area contributed by atoms with Gasteiger partial charge in [0.25, 0.3) is 5.91 Å². The van der Waals surface area contributed by atoms with E-state index in [9.17, 15) is 4.79 Å². The molecule has 0 aliphatic carbocycles. The third kappa shape index (κ3) is 2.82. The summed E-state index contributed by atoms with van der Waals surface area (Å²) in [4.78, 5) is 15.0. The molecular formula is C13H18N2OS. The molecule has 0 aromatic heterocycles. The second-order valence-electron chi connectivity index (χ2n) is 4.63. The first-order valence-electron chi connectivity index (χ1n) is 5.92. The summed E-state index contributed by atoms with van der Waals surface area (Å²) in [6.07, 6.45) is 1.79. The number of carbonyl (C=O) groups excluding carboxylic acids is 1. The van der Waals surface area contributed by atoms with Crippen LogP contribution in [0.4, 0.5) is 0 Å². The standard InChI is InChI=1S/C13H18N2OS/c1-9-2-3-11(17)8-12(9)13(16)15-6-4-10(14)5-7-15/h2-3,8,10,17H,4-7,14H2,1H3. The fourth-order valence-electron chi connectivity index (χ4n) is 2.11. The Morgan fingerprint density at radius 2 is 2.06 bits per heavy atom. The van der Waals surface area contributed by atoms with E-state index in [2.05, 4.69) is 12.6 Å². The summed E-state index contributed by atoms with van der Waals surface area (Å²) in [5.41, 5.74) is 7.60. The Labute approximate surface area is 107 Å². The Morgan fingerprint density at radius 3 is 2.71 bits per heavy atom. The summed E-state index contributed by atoms with van der Waals surface area (Å²) >= 11 is 4.28. The SMILES string of the molecule is Cc1ccc(S)cc1C(=O)N1CCC(N)CC1. The first kappa shape index (κ1) is 12.5. The third-order valence-corrected chi connectivity index (χ3v) is 3.56. The minimum Gasteiger partial charge on any atom is -0.339 e. The van der Waals surface area contributed by atoms with E-state index in [1.807, 2.05) is 30.0 Å². The molecule has 1 saturated heterocycles. The van der Waals surface area contributed by atoms with Gasteiger partial charge in [0.1, 0.15) is 0 Å². The van der Waals surface area contributed by atoms with Crippen LogP contribution in [0, 0.1) is 6.92 Å². The van der Waals surface area contributed by atoms with Gasteiger partial charge in [-0.15, -0.1) is 12.6 Å². The second kappa shape index (κ2) is 5.10. The molecule has 1 fully saturated rings. The second-order valence-corrected chi connectivity index (χ2v) is 5.15. The van der Waals surface area contributed by atoms with Crippen molar-refractivity contribution < 1.29 is 4.79 Å². The van der Waals surface area contributed by atoms with Crippen LogP contribution >= 0.6 is 12.6 Å². The van der Waals surface area contributed by atoms with Crippen molar-refractivity contribution in [3.63, 3.8) is 0 Å². The van der Waals surface area contributed by atoms with E-state index < -0.39 is 0 Å². The van der Waals surface area contributed by atoms with Gasteiger partial charge in [0.05, 0.1) is 0 Å². The molecule has 1 amide bonds. The molecule has 0 saturated carbocycles. The molecule has 3 nitrogen and oxygen atoms in total. The lowest BCUT2D eigenvalue weighted by Crippen LogP contribution is -2.43. The summed E-state index contributed by atoms with van der Waals surface area (Å²) in [5.74, 6) is 0.102. The summed E-state index contributed by atoms with van der Waals surface area (Å²) in [6.45, 7) is 3.47. The van der Waals surface area contributed by atoms with Crippen LogP contribution in [0.1, 0.15) is 28.8 Å². The fourth-order valence-corrected chi connectivity index (χ4v) is 2.32. The number of hydrogen-bond acceptors (Lipinski definition) is 3. The van der Waals surface area contributed by atoms with Crippen molar-refractivity contribution in [2.45, 2.75) is 30.7 Å². The minimum atomic E-state index is 0.102. The van der Waals surface area contributed by atoms with Gasteiger partial charge in [-0.25, -0.2) is 0 Å². The fraction of sp³-hybridized carbons (Fsp3) is 0.462. The van der Waals surface area contributed by atoms with E-state index in [1.54, 1.807) is 0 Å². The molecule has 1 aromatic rings. The zero-order valence-corrected chi connectivity index (χ0v) is 10.9. The molecule has 92 valence electrons. The van der Waals surface area contributed by atoms with Gasteiger partial charge in [0.2, 0.25) is 0 Å². The van der Waals surface area contributed by atoms with E-state index in [4.69, 9.17) is 5.73 Å². The molecule has 1 aliphatic heterocycles. The highest BCUT2D eigenvalue weighted by Crippen LogP contribution is 2.18. The molecule has 1 aliphatic rings. The Hall–Kier alpha value is -1.00. The highest BCUT2D eigenvalue weighted by atomic mass is 32.1. The maximum absolute atomic E-state index is 12.3. The molecule has 0 spiro atoms. The predicted molar refractivity (Wildman–Crippen MR) is 71.5 cm³/mol. The van der Waals surface area contributed by atoms with Gasteiger partial charge in [-0.3, -0.25) is 4.79 Å². The van der Waals surface area contributed by atoms with Crippen LogP contribution in [0.3, 0.4) is 0 Å². The highest BCUT2D eigenvalue weighted by Gasteiger charge is 2.22. The summed E-state index contributed by atoms with van der Waals surface area (Å²) < 4.78 is 0. The minimum absolute atomic E-state index is 0.102. The smallest absolute Gasteiger partial charge is 0.254 e. The predicted octanol–water partition coefficient (Wildman–Crippen LogP) is 1.85. The van der Waals surface area contributed by atoms with Crippen LogP contribution < -0.4 is 5.73 Å². The molecule has 0 unspecified atom stereocenters. The van der Waals surface area contributed by atoms with Gasteiger partial charge in [-0.1, -0.05) is 6.07 Å². The number of amides is 1. The lowest BCUT2D eigenvalue weighted by molar-refractivity contribution is 0.0714. The number of nitrogens with two attached hydrogens (primary N) is 1. The van der Waals surface area contributed by atoms with Crippen molar-refractivity contribution in [2.24, 2.45) is 5.73 Å². The number of aryl methyl sites for hydroxylation is 1. The lowest BCUT2D eigenvalue weighted by Gasteiger charge is -2.30. The van der Waals surface area contributed by atoms with Crippen LogP contribution in [0.15, 0.2) is 23.1 Å². The normalized spacial score (nSPS) is 17.2. The van der Waals surface area contributed by atoms with Gasteiger partial charge in [0, 0.05) is 29.6 Å². The van der Waals surface area contributed by atoms with Gasteiger partial charge < -0.3 is 10.6 Å².